The van der Waals surface area contributed by atoms with Crippen molar-refractivity contribution in [3.05, 3.63) is 84.0 Å². The summed E-state index contributed by atoms with van der Waals surface area (Å²) in [5, 5.41) is 11.7. The molecule has 4 aliphatic carbocycles. The lowest BCUT2D eigenvalue weighted by Gasteiger charge is -2.55. The van der Waals surface area contributed by atoms with Gasteiger partial charge in [-0.3, -0.25) is 4.79 Å². The number of rotatable bonds is 4. The van der Waals surface area contributed by atoms with Gasteiger partial charge in [0.15, 0.2) is 5.78 Å². The maximum Gasteiger partial charge on any atom is 0.294 e. The molecule has 0 amide bonds. The first-order valence-corrected chi connectivity index (χ1v) is 13.0. The molecule has 1 heterocycles. The number of nitrogens with zero attached hydrogens (tertiary/aromatic N) is 2. The summed E-state index contributed by atoms with van der Waals surface area (Å²) in [6.45, 7) is 5.26. The minimum Gasteiger partial charge on any atom is -0.383 e. The number of aromatic nitrogens is 2. The lowest BCUT2D eigenvalue weighted by Crippen LogP contribution is -2.59. The van der Waals surface area contributed by atoms with E-state index in [9.17, 15) is 9.90 Å². The van der Waals surface area contributed by atoms with Gasteiger partial charge in [0.25, 0.3) is 5.92 Å². The van der Waals surface area contributed by atoms with Crippen molar-refractivity contribution in [2.45, 2.75) is 69.3 Å². The molecule has 2 aromatic rings. The Kier molecular flexibility index (Phi) is 5.28. The van der Waals surface area contributed by atoms with Crippen molar-refractivity contribution < 1.29 is 18.7 Å². The van der Waals surface area contributed by atoms with Gasteiger partial charge in [-0.2, -0.15) is 8.78 Å². The topological polar surface area (TPSA) is 55.1 Å². The molecule has 4 aliphatic rings. The average Bonchev–Trinajstić information content (AvgIpc) is 3.51. The van der Waals surface area contributed by atoms with Crippen LogP contribution in [0.3, 0.4) is 0 Å². The van der Waals surface area contributed by atoms with Gasteiger partial charge in [-0.1, -0.05) is 31.2 Å². The number of imidazole rings is 1. The SMILES string of the molecule is C=CC(F)(F)[C@]1(O)CC[C@H]2[C@@H]3CCC4=CC(=O)CCC4=C3[C@@H](c3ccc(-n4ccnc4)cc3)C[C@@]21C. The van der Waals surface area contributed by atoms with E-state index >= 15 is 8.78 Å². The highest BCUT2D eigenvalue weighted by Gasteiger charge is 2.70. The third-order valence-electron chi connectivity index (χ3n) is 9.79. The lowest BCUT2D eigenvalue weighted by atomic mass is 9.50. The largest absolute Gasteiger partial charge is 0.383 e. The minimum absolute atomic E-state index is 0.0310. The average molecular weight is 491 g/mol. The molecule has 188 valence electrons. The maximum atomic E-state index is 15.3. The standard InChI is InChI=1S/C30H32F2N2O2/c1-3-30(31,32)29(36)13-12-26-24-10-6-20-16-22(35)9-11-23(20)27(24)25(17-28(26,29)2)19-4-7-21(8-5-19)34-15-14-33-18-34/h3-5,7-8,14-16,18,24-26,36H,1,6,9-13,17H2,2H3/t24-,25+,26-,28-,29-/m0/s1. The molecule has 0 bridgehead atoms. The molecule has 6 rings (SSSR count). The van der Waals surface area contributed by atoms with E-state index in [2.05, 4.69) is 23.7 Å². The number of aliphatic hydroxyl groups is 1. The lowest BCUT2D eigenvalue weighted by molar-refractivity contribution is -0.213. The highest BCUT2D eigenvalue weighted by atomic mass is 19.3. The summed E-state index contributed by atoms with van der Waals surface area (Å²) in [6, 6.07) is 8.24. The summed E-state index contributed by atoms with van der Waals surface area (Å²) in [4.78, 5) is 16.3. The molecule has 36 heavy (non-hydrogen) atoms. The molecule has 0 unspecified atom stereocenters. The Morgan fingerprint density at radius 2 is 1.97 bits per heavy atom. The van der Waals surface area contributed by atoms with E-state index in [1.165, 1.54) is 11.1 Å². The van der Waals surface area contributed by atoms with Crippen LogP contribution in [0.1, 0.15) is 63.4 Å². The molecule has 6 heteroatoms. The van der Waals surface area contributed by atoms with Crippen molar-refractivity contribution in [3.63, 3.8) is 0 Å². The quantitative estimate of drug-likeness (QED) is 0.510. The number of halogens is 2. The van der Waals surface area contributed by atoms with Crippen LogP contribution < -0.4 is 0 Å². The van der Waals surface area contributed by atoms with E-state index in [0.717, 1.165) is 36.1 Å². The van der Waals surface area contributed by atoms with Crippen LogP contribution >= 0.6 is 0 Å². The highest BCUT2D eigenvalue weighted by Crippen LogP contribution is 2.69. The summed E-state index contributed by atoms with van der Waals surface area (Å²) >= 11 is 0. The van der Waals surface area contributed by atoms with Gasteiger partial charge in [0.05, 0.1) is 6.33 Å². The van der Waals surface area contributed by atoms with E-state index in [1.807, 2.05) is 35.9 Å². The number of benzene rings is 1. The van der Waals surface area contributed by atoms with Crippen molar-refractivity contribution in [1.29, 1.82) is 0 Å². The Balaban J connectivity index is 1.50. The highest BCUT2D eigenvalue weighted by molar-refractivity contribution is 5.93. The van der Waals surface area contributed by atoms with Crippen molar-refractivity contribution in [3.8, 4) is 5.69 Å². The molecule has 1 aromatic carbocycles. The zero-order valence-corrected chi connectivity index (χ0v) is 20.6. The molecule has 0 aliphatic heterocycles. The van der Waals surface area contributed by atoms with Crippen LogP contribution in [0.2, 0.25) is 0 Å². The van der Waals surface area contributed by atoms with Crippen LogP contribution in [0.5, 0.6) is 0 Å². The number of hydrogen-bond donors (Lipinski definition) is 1. The number of alkyl halides is 2. The third-order valence-corrected chi connectivity index (χ3v) is 9.79. The van der Waals surface area contributed by atoms with Gasteiger partial charge in [-0.25, -0.2) is 4.98 Å². The molecule has 4 nitrogen and oxygen atoms in total. The predicted molar refractivity (Wildman–Crippen MR) is 134 cm³/mol. The van der Waals surface area contributed by atoms with Crippen molar-refractivity contribution in [2.24, 2.45) is 17.3 Å². The first-order valence-electron chi connectivity index (χ1n) is 13.0. The first kappa shape index (κ1) is 23.5. The molecule has 5 atom stereocenters. The fourth-order valence-corrected chi connectivity index (χ4v) is 7.97. The van der Waals surface area contributed by atoms with Gasteiger partial charge in [0, 0.05) is 35.8 Å². The number of hydrogen-bond acceptors (Lipinski definition) is 3. The van der Waals surface area contributed by atoms with E-state index in [1.54, 1.807) is 12.5 Å². The molecular formula is C30H32F2N2O2. The minimum atomic E-state index is -3.37. The van der Waals surface area contributed by atoms with Crippen molar-refractivity contribution in [1.82, 2.24) is 9.55 Å². The van der Waals surface area contributed by atoms with Crippen molar-refractivity contribution >= 4 is 5.78 Å². The van der Waals surface area contributed by atoms with E-state index in [-0.39, 0.29) is 30.0 Å². The van der Waals surface area contributed by atoms with Gasteiger partial charge >= 0.3 is 0 Å². The number of fused-ring (bicyclic) bond motifs is 4. The Hall–Kier alpha value is -2.86. The smallest absolute Gasteiger partial charge is 0.294 e. The second-order valence-corrected chi connectivity index (χ2v) is 11.3. The second kappa shape index (κ2) is 8.07. The predicted octanol–water partition coefficient (Wildman–Crippen LogP) is 6.32. The fourth-order valence-electron chi connectivity index (χ4n) is 7.97. The van der Waals surface area contributed by atoms with E-state index < -0.39 is 16.9 Å². The normalized spacial score (nSPS) is 34.1. The molecule has 2 fully saturated rings. The summed E-state index contributed by atoms with van der Waals surface area (Å²) in [5.74, 6) is -3.19. The van der Waals surface area contributed by atoms with Gasteiger partial charge in [0.2, 0.25) is 0 Å². The Labute approximate surface area is 210 Å². The molecule has 0 radical (unpaired) electrons. The van der Waals surface area contributed by atoms with E-state index in [4.69, 9.17) is 0 Å². The van der Waals surface area contributed by atoms with Gasteiger partial charge < -0.3 is 9.67 Å². The van der Waals surface area contributed by atoms with Crippen LogP contribution in [0.15, 0.2) is 78.4 Å². The van der Waals surface area contributed by atoms with Gasteiger partial charge in [-0.15, -0.1) is 0 Å². The first-order chi connectivity index (χ1) is 17.2. The van der Waals surface area contributed by atoms with Crippen LogP contribution in [-0.2, 0) is 4.79 Å². The third kappa shape index (κ3) is 3.19. The molecule has 0 saturated heterocycles. The summed E-state index contributed by atoms with van der Waals surface area (Å²) < 4.78 is 32.5. The second-order valence-electron chi connectivity index (χ2n) is 11.3. The molecule has 0 spiro atoms. The van der Waals surface area contributed by atoms with Crippen LogP contribution in [0, 0.1) is 17.3 Å². The molecule has 1 N–H and O–H groups in total. The molecule has 1 aromatic heterocycles. The summed E-state index contributed by atoms with van der Waals surface area (Å²) in [6.07, 6.45) is 11.7. The van der Waals surface area contributed by atoms with Crippen LogP contribution in [0.25, 0.3) is 5.69 Å². The summed E-state index contributed by atoms with van der Waals surface area (Å²) in [5.41, 5.74) is 2.68. The van der Waals surface area contributed by atoms with Crippen LogP contribution in [0.4, 0.5) is 8.78 Å². The molecular weight excluding hydrogens is 458 g/mol. The molecule has 2 saturated carbocycles. The van der Waals surface area contributed by atoms with Crippen LogP contribution in [-0.4, -0.2) is 32.0 Å². The van der Waals surface area contributed by atoms with E-state index in [0.29, 0.717) is 25.3 Å². The Bertz CT molecular complexity index is 1280. The number of carbonyl (C=O) groups is 1. The monoisotopic (exact) mass is 490 g/mol. The number of allylic oxidation sites excluding steroid dienone is 4. The number of carbonyl (C=O) groups excluding carboxylic acids is 1. The van der Waals surface area contributed by atoms with Gasteiger partial charge in [0.1, 0.15) is 5.60 Å². The zero-order valence-electron chi connectivity index (χ0n) is 20.6. The number of ketones is 1. The Morgan fingerprint density at radius 3 is 2.67 bits per heavy atom. The Morgan fingerprint density at radius 1 is 1.19 bits per heavy atom. The fraction of sp³-hybridized carbons (Fsp3) is 0.467. The van der Waals surface area contributed by atoms with Gasteiger partial charge in [-0.05, 0) is 91.4 Å². The zero-order chi connectivity index (χ0) is 25.3. The maximum absolute atomic E-state index is 15.3. The summed E-state index contributed by atoms with van der Waals surface area (Å²) in [7, 11) is 0. The van der Waals surface area contributed by atoms with Crippen molar-refractivity contribution in [2.75, 3.05) is 0 Å².